The quantitative estimate of drug-likeness (QED) is 0.555. The lowest BCUT2D eigenvalue weighted by Crippen LogP contribution is -2.31. The van der Waals surface area contributed by atoms with E-state index in [2.05, 4.69) is 38.2 Å². The Kier molecular flexibility index (Phi) is 1.55. The average molecular weight is 178 g/mol. The molecule has 0 aromatic heterocycles. The van der Waals surface area contributed by atoms with E-state index in [0.717, 1.165) is 5.75 Å². The monoisotopic (exact) mass is 178 g/mol. The SMILES string of the molecule is Cc1cccc2c1C[Si](C)(C)O2. The fourth-order valence-electron chi connectivity index (χ4n) is 1.76. The summed E-state index contributed by atoms with van der Waals surface area (Å²) in [4.78, 5) is 0. The van der Waals surface area contributed by atoms with E-state index >= 15 is 0 Å². The van der Waals surface area contributed by atoms with Crippen LogP contribution in [-0.4, -0.2) is 8.32 Å². The van der Waals surface area contributed by atoms with Gasteiger partial charge in [0.2, 0.25) is 8.32 Å². The minimum atomic E-state index is -1.38. The smallest absolute Gasteiger partial charge is 0.249 e. The van der Waals surface area contributed by atoms with Crippen LogP contribution in [0.2, 0.25) is 13.1 Å². The lowest BCUT2D eigenvalue weighted by Gasteiger charge is -2.13. The topological polar surface area (TPSA) is 9.23 Å². The van der Waals surface area contributed by atoms with Crippen molar-refractivity contribution in [3.8, 4) is 5.75 Å². The maximum Gasteiger partial charge on any atom is 0.249 e. The second kappa shape index (κ2) is 2.36. The van der Waals surface area contributed by atoms with Crippen LogP contribution in [0.15, 0.2) is 18.2 Å². The summed E-state index contributed by atoms with van der Waals surface area (Å²) < 4.78 is 5.91. The third-order valence-electron chi connectivity index (χ3n) is 2.36. The minimum absolute atomic E-state index is 1.13. The zero-order valence-electron chi connectivity index (χ0n) is 7.85. The summed E-state index contributed by atoms with van der Waals surface area (Å²) in [7, 11) is -1.38. The molecule has 0 bridgehead atoms. The van der Waals surface area contributed by atoms with Gasteiger partial charge in [0.05, 0.1) is 0 Å². The van der Waals surface area contributed by atoms with Crippen molar-refractivity contribution in [2.24, 2.45) is 0 Å². The van der Waals surface area contributed by atoms with Crippen molar-refractivity contribution in [1.82, 2.24) is 0 Å². The molecule has 0 radical (unpaired) electrons. The molecule has 0 atom stereocenters. The molecule has 2 heteroatoms. The van der Waals surface area contributed by atoms with E-state index in [1.54, 1.807) is 0 Å². The molecule has 1 aliphatic heterocycles. The van der Waals surface area contributed by atoms with Crippen LogP contribution >= 0.6 is 0 Å². The van der Waals surface area contributed by atoms with E-state index in [1.807, 2.05) is 0 Å². The summed E-state index contributed by atoms with van der Waals surface area (Å²) in [5.74, 6) is 1.13. The molecule has 1 aromatic carbocycles. The lowest BCUT2D eigenvalue weighted by molar-refractivity contribution is 0.572. The summed E-state index contributed by atoms with van der Waals surface area (Å²) in [6.07, 6.45) is 0. The van der Waals surface area contributed by atoms with E-state index in [4.69, 9.17) is 4.43 Å². The Morgan fingerprint density at radius 1 is 1.33 bits per heavy atom. The highest BCUT2D eigenvalue weighted by Crippen LogP contribution is 2.34. The van der Waals surface area contributed by atoms with Gasteiger partial charge in [-0.05, 0) is 37.2 Å². The van der Waals surface area contributed by atoms with E-state index in [1.165, 1.54) is 17.2 Å². The van der Waals surface area contributed by atoms with Gasteiger partial charge in [-0.2, -0.15) is 0 Å². The predicted octanol–water partition coefficient (Wildman–Crippen LogP) is 2.67. The van der Waals surface area contributed by atoms with Gasteiger partial charge < -0.3 is 4.43 Å². The third kappa shape index (κ3) is 1.16. The van der Waals surface area contributed by atoms with Crippen LogP contribution in [0.4, 0.5) is 0 Å². The summed E-state index contributed by atoms with van der Waals surface area (Å²) in [6, 6.07) is 7.50. The first-order valence-corrected chi connectivity index (χ1v) is 7.47. The molecule has 0 N–H and O–H groups in total. The van der Waals surface area contributed by atoms with E-state index in [-0.39, 0.29) is 0 Å². The van der Waals surface area contributed by atoms with Crippen LogP contribution < -0.4 is 4.43 Å². The van der Waals surface area contributed by atoms with Crippen LogP contribution in [-0.2, 0) is 6.04 Å². The molecule has 12 heavy (non-hydrogen) atoms. The maximum atomic E-state index is 5.91. The molecule has 0 amide bonds. The molecule has 0 aliphatic carbocycles. The number of hydrogen-bond donors (Lipinski definition) is 0. The highest BCUT2D eigenvalue weighted by molar-refractivity contribution is 6.72. The maximum absolute atomic E-state index is 5.91. The van der Waals surface area contributed by atoms with Gasteiger partial charge in [-0.25, -0.2) is 0 Å². The van der Waals surface area contributed by atoms with Crippen LogP contribution in [0.3, 0.4) is 0 Å². The minimum Gasteiger partial charge on any atom is -0.544 e. The van der Waals surface area contributed by atoms with Crippen LogP contribution in [0.1, 0.15) is 11.1 Å². The zero-order chi connectivity index (χ0) is 8.77. The Labute approximate surface area is 74.5 Å². The molecular weight excluding hydrogens is 164 g/mol. The molecule has 1 nitrogen and oxygen atoms in total. The highest BCUT2D eigenvalue weighted by Gasteiger charge is 2.33. The molecule has 0 saturated heterocycles. The first kappa shape index (κ1) is 7.86. The van der Waals surface area contributed by atoms with Crippen molar-refractivity contribution >= 4 is 8.32 Å². The van der Waals surface area contributed by atoms with Crippen LogP contribution in [0.5, 0.6) is 5.75 Å². The first-order valence-electron chi connectivity index (χ1n) is 4.36. The van der Waals surface area contributed by atoms with Crippen LogP contribution in [0.25, 0.3) is 0 Å². The van der Waals surface area contributed by atoms with E-state index in [0.29, 0.717) is 0 Å². The molecule has 1 heterocycles. The summed E-state index contributed by atoms with van der Waals surface area (Å²) in [6.45, 7) is 6.71. The third-order valence-corrected chi connectivity index (χ3v) is 4.33. The molecule has 0 saturated carbocycles. The fraction of sp³-hybridized carbons (Fsp3) is 0.400. The number of fused-ring (bicyclic) bond motifs is 1. The van der Waals surface area contributed by atoms with Crippen molar-refractivity contribution in [3.05, 3.63) is 29.3 Å². The highest BCUT2D eigenvalue weighted by atomic mass is 28.4. The average Bonchev–Trinajstić information content (AvgIpc) is 2.25. The number of rotatable bonds is 0. The van der Waals surface area contributed by atoms with Gasteiger partial charge in [0.1, 0.15) is 5.75 Å². The molecule has 1 aromatic rings. The molecule has 0 spiro atoms. The lowest BCUT2D eigenvalue weighted by atomic mass is 10.1. The Morgan fingerprint density at radius 3 is 2.75 bits per heavy atom. The normalized spacial score (nSPS) is 18.6. The zero-order valence-corrected chi connectivity index (χ0v) is 8.85. The van der Waals surface area contributed by atoms with E-state index in [9.17, 15) is 0 Å². The second-order valence-electron chi connectivity index (χ2n) is 4.09. The fourth-order valence-corrected chi connectivity index (χ4v) is 3.92. The summed E-state index contributed by atoms with van der Waals surface area (Å²) in [5, 5.41) is 0. The molecule has 64 valence electrons. The van der Waals surface area contributed by atoms with Gasteiger partial charge in [0.25, 0.3) is 0 Å². The summed E-state index contributed by atoms with van der Waals surface area (Å²) >= 11 is 0. The Bertz CT molecular complexity index is 318. The van der Waals surface area contributed by atoms with Gasteiger partial charge in [-0.15, -0.1) is 0 Å². The molecule has 0 fully saturated rings. The van der Waals surface area contributed by atoms with Crippen molar-refractivity contribution in [1.29, 1.82) is 0 Å². The van der Waals surface area contributed by atoms with Gasteiger partial charge in [-0.1, -0.05) is 12.1 Å². The van der Waals surface area contributed by atoms with Gasteiger partial charge in [-0.3, -0.25) is 0 Å². The van der Waals surface area contributed by atoms with Crippen molar-refractivity contribution in [2.75, 3.05) is 0 Å². The van der Waals surface area contributed by atoms with Crippen LogP contribution in [0, 0.1) is 6.92 Å². The first-order chi connectivity index (χ1) is 5.58. The van der Waals surface area contributed by atoms with Gasteiger partial charge in [0.15, 0.2) is 0 Å². The molecule has 0 unspecified atom stereocenters. The van der Waals surface area contributed by atoms with Crippen molar-refractivity contribution < 1.29 is 4.43 Å². The Balaban J connectivity index is 2.48. The van der Waals surface area contributed by atoms with Crippen molar-refractivity contribution in [2.45, 2.75) is 26.1 Å². The second-order valence-corrected chi connectivity index (χ2v) is 8.17. The van der Waals surface area contributed by atoms with E-state index < -0.39 is 8.32 Å². The molecule has 1 aliphatic rings. The van der Waals surface area contributed by atoms with Gasteiger partial charge in [0, 0.05) is 6.04 Å². The molecule has 2 rings (SSSR count). The Hall–Kier alpha value is -0.763. The summed E-state index contributed by atoms with van der Waals surface area (Å²) in [5.41, 5.74) is 2.82. The number of aryl methyl sites for hydroxylation is 1. The standard InChI is InChI=1S/C10H14OSi/c1-8-5-4-6-10-9(8)7-12(2,3)11-10/h4-6H,7H2,1-3H3. The number of hydrogen-bond acceptors (Lipinski definition) is 1. The number of benzene rings is 1. The van der Waals surface area contributed by atoms with Crippen molar-refractivity contribution in [3.63, 3.8) is 0 Å². The largest absolute Gasteiger partial charge is 0.544 e. The molecular formula is C10H14OSi. The predicted molar refractivity (Wildman–Crippen MR) is 53.0 cm³/mol. The Morgan fingerprint density at radius 2 is 2.08 bits per heavy atom. The van der Waals surface area contributed by atoms with Gasteiger partial charge >= 0.3 is 0 Å².